The van der Waals surface area contributed by atoms with E-state index in [1.54, 1.807) is 17.0 Å². The number of nitrogens with one attached hydrogen (secondary N) is 1. The fraction of sp³-hybridized carbons (Fsp3) is 0.118. The van der Waals surface area contributed by atoms with Crippen LogP contribution in [0.15, 0.2) is 57.3 Å². The number of carbonyl (C=O) groups is 1. The maximum absolute atomic E-state index is 13.2. The van der Waals surface area contributed by atoms with Crippen LogP contribution in [0.5, 0.6) is 5.75 Å². The zero-order valence-corrected chi connectivity index (χ0v) is 17.1. The SMILES string of the molecule is Cn1cnnc1Sc1ccc(Br)cc1NC(=O)COc1ccc(F)c(Cl)c1. The predicted molar refractivity (Wildman–Crippen MR) is 105 cm³/mol. The molecule has 1 aromatic heterocycles. The number of amides is 1. The van der Waals surface area contributed by atoms with Crippen molar-refractivity contribution in [3.05, 3.63) is 58.0 Å². The van der Waals surface area contributed by atoms with Gasteiger partial charge in [0.25, 0.3) is 5.91 Å². The molecule has 3 aromatic rings. The highest BCUT2D eigenvalue weighted by Crippen LogP contribution is 2.34. The first-order chi connectivity index (χ1) is 12.9. The Morgan fingerprint density at radius 2 is 2.19 bits per heavy atom. The molecular formula is C17H13BrClFN4O2S. The summed E-state index contributed by atoms with van der Waals surface area (Å²) < 4.78 is 21.1. The molecule has 0 atom stereocenters. The molecule has 0 saturated carbocycles. The van der Waals surface area contributed by atoms with E-state index in [1.807, 2.05) is 19.2 Å². The summed E-state index contributed by atoms with van der Waals surface area (Å²) in [5, 5.41) is 11.3. The van der Waals surface area contributed by atoms with Crippen LogP contribution in [0.1, 0.15) is 0 Å². The third-order valence-corrected chi connectivity index (χ3v) is 5.26. The first-order valence-electron chi connectivity index (χ1n) is 7.61. The van der Waals surface area contributed by atoms with Gasteiger partial charge in [-0.1, -0.05) is 27.5 Å². The van der Waals surface area contributed by atoms with E-state index >= 15 is 0 Å². The number of halogens is 3. The summed E-state index contributed by atoms with van der Waals surface area (Å²) in [6, 6.07) is 9.41. The Hall–Kier alpha value is -2.10. The molecule has 0 aliphatic heterocycles. The Labute approximate surface area is 172 Å². The quantitative estimate of drug-likeness (QED) is 0.572. The summed E-state index contributed by atoms with van der Waals surface area (Å²) in [6.45, 7) is -0.247. The zero-order valence-electron chi connectivity index (χ0n) is 13.9. The third-order valence-electron chi connectivity index (χ3n) is 3.35. The van der Waals surface area contributed by atoms with Gasteiger partial charge in [0.15, 0.2) is 11.8 Å². The van der Waals surface area contributed by atoms with Crippen LogP contribution < -0.4 is 10.1 Å². The first kappa shape index (κ1) is 19.7. The maximum atomic E-state index is 13.2. The average Bonchev–Trinajstić information content (AvgIpc) is 3.03. The molecule has 0 radical (unpaired) electrons. The van der Waals surface area contributed by atoms with Crippen molar-refractivity contribution in [2.75, 3.05) is 11.9 Å². The summed E-state index contributed by atoms with van der Waals surface area (Å²) in [4.78, 5) is 13.1. The molecule has 6 nitrogen and oxygen atoms in total. The molecule has 0 fully saturated rings. The van der Waals surface area contributed by atoms with Gasteiger partial charge in [-0.15, -0.1) is 10.2 Å². The molecule has 0 bridgehead atoms. The fourth-order valence-electron chi connectivity index (χ4n) is 2.05. The Morgan fingerprint density at radius 1 is 1.37 bits per heavy atom. The van der Waals surface area contributed by atoms with E-state index in [-0.39, 0.29) is 17.5 Å². The number of hydrogen-bond acceptors (Lipinski definition) is 5. The second-order valence-corrected chi connectivity index (χ2v) is 7.71. The van der Waals surface area contributed by atoms with Gasteiger partial charge in [0.05, 0.1) is 10.7 Å². The lowest BCUT2D eigenvalue weighted by Gasteiger charge is -2.12. The lowest BCUT2D eigenvalue weighted by molar-refractivity contribution is -0.118. The van der Waals surface area contributed by atoms with Gasteiger partial charge in [0, 0.05) is 22.5 Å². The van der Waals surface area contributed by atoms with Crippen molar-refractivity contribution in [2.45, 2.75) is 10.1 Å². The van der Waals surface area contributed by atoms with Gasteiger partial charge in [0.1, 0.15) is 17.9 Å². The van der Waals surface area contributed by atoms with E-state index in [9.17, 15) is 9.18 Å². The van der Waals surface area contributed by atoms with Crippen molar-refractivity contribution in [1.29, 1.82) is 0 Å². The Morgan fingerprint density at radius 3 is 2.89 bits per heavy atom. The molecule has 1 heterocycles. The van der Waals surface area contributed by atoms with Gasteiger partial charge >= 0.3 is 0 Å². The maximum Gasteiger partial charge on any atom is 0.262 e. The van der Waals surface area contributed by atoms with Crippen molar-refractivity contribution in [3.63, 3.8) is 0 Å². The van der Waals surface area contributed by atoms with E-state index in [0.717, 1.165) is 9.37 Å². The molecule has 3 rings (SSSR count). The van der Waals surface area contributed by atoms with Gasteiger partial charge in [-0.2, -0.15) is 0 Å². The summed E-state index contributed by atoms with van der Waals surface area (Å²) in [5.74, 6) is -0.610. The van der Waals surface area contributed by atoms with Crippen molar-refractivity contribution in [1.82, 2.24) is 14.8 Å². The third kappa shape index (κ3) is 5.21. The molecule has 1 amide bonds. The van der Waals surface area contributed by atoms with Crippen LogP contribution in [0.25, 0.3) is 0 Å². The topological polar surface area (TPSA) is 69.0 Å². The Bertz CT molecular complexity index is 985. The Balaban J connectivity index is 1.68. The second-order valence-electron chi connectivity index (χ2n) is 5.38. The van der Waals surface area contributed by atoms with Gasteiger partial charge in [-0.05, 0) is 42.1 Å². The molecule has 10 heteroatoms. The van der Waals surface area contributed by atoms with E-state index in [0.29, 0.717) is 16.6 Å². The van der Waals surface area contributed by atoms with Crippen LogP contribution in [0, 0.1) is 5.82 Å². The van der Waals surface area contributed by atoms with E-state index in [1.165, 1.54) is 30.0 Å². The summed E-state index contributed by atoms with van der Waals surface area (Å²) in [7, 11) is 1.83. The number of anilines is 1. The van der Waals surface area contributed by atoms with Crippen LogP contribution in [0.3, 0.4) is 0 Å². The van der Waals surface area contributed by atoms with Gasteiger partial charge in [-0.3, -0.25) is 4.79 Å². The minimum Gasteiger partial charge on any atom is -0.484 e. The highest BCUT2D eigenvalue weighted by atomic mass is 79.9. The number of rotatable bonds is 6. The minimum absolute atomic E-state index is 0.0674. The van der Waals surface area contributed by atoms with E-state index in [4.69, 9.17) is 16.3 Å². The summed E-state index contributed by atoms with van der Waals surface area (Å²) in [5.41, 5.74) is 0.600. The molecular weight excluding hydrogens is 459 g/mol. The molecule has 0 aliphatic rings. The number of ether oxygens (including phenoxy) is 1. The van der Waals surface area contributed by atoms with E-state index in [2.05, 4.69) is 31.4 Å². The molecule has 0 saturated heterocycles. The molecule has 0 spiro atoms. The smallest absolute Gasteiger partial charge is 0.262 e. The van der Waals surface area contributed by atoms with Crippen molar-refractivity contribution in [2.24, 2.45) is 7.05 Å². The van der Waals surface area contributed by atoms with Crippen LogP contribution in [-0.4, -0.2) is 27.3 Å². The number of aromatic nitrogens is 3. The van der Waals surface area contributed by atoms with Crippen LogP contribution in [-0.2, 0) is 11.8 Å². The number of nitrogens with zero attached hydrogens (tertiary/aromatic N) is 3. The number of carbonyl (C=O) groups excluding carboxylic acids is 1. The standard InChI is InChI=1S/C17H13BrClFN4O2S/c1-24-9-21-23-17(24)27-15-5-2-10(18)6-14(15)22-16(25)8-26-11-3-4-13(20)12(19)7-11/h2-7,9H,8H2,1H3,(H,22,25). The van der Waals surface area contributed by atoms with Gasteiger partial charge in [0.2, 0.25) is 0 Å². The number of aryl methyl sites for hydroxylation is 1. The van der Waals surface area contributed by atoms with Crippen molar-refractivity contribution < 1.29 is 13.9 Å². The van der Waals surface area contributed by atoms with Crippen LogP contribution in [0.2, 0.25) is 5.02 Å². The highest BCUT2D eigenvalue weighted by molar-refractivity contribution is 9.10. The van der Waals surface area contributed by atoms with Crippen molar-refractivity contribution >= 4 is 50.9 Å². The normalized spacial score (nSPS) is 10.7. The lowest BCUT2D eigenvalue weighted by Crippen LogP contribution is -2.20. The van der Waals surface area contributed by atoms with Crippen LogP contribution >= 0.6 is 39.3 Å². The van der Waals surface area contributed by atoms with Crippen molar-refractivity contribution in [3.8, 4) is 5.75 Å². The number of hydrogen-bond donors (Lipinski definition) is 1. The monoisotopic (exact) mass is 470 g/mol. The van der Waals surface area contributed by atoms with Gasteiger partial charge in [-0.25, -0.2) is 4.39 Å². The molecule has 2 aromatic carbocycles. The number of benzene rings is 2. The molecule has 1 N–H and O–H groups in total. The fourth-order valence-corrected chi connectivity index (χ4v) is 3.42. The lowest BCUT2D eigenvalue weighted by atomic mass is 10.3. The molecule has 140 valence electrons. The minimum atomic E-state index is -0.548. The molecule has 27 heavy (non-hydrogen) atoms. The highest BCUT2D eigenvalue weighted by Gasteiger charge is 2.12. The summed E-state index contributed by atoms with van der Waals surface area (Å²) >= 11 is 10.5. The average molecular weight is 472 g/mol. The zero-order chi connectivity index (χ0) is 19.4. The largest absolute Gasteiger partial charge is 0.484 e. The van der Waals surface area contributed by atoms with Gasteiger partial charge < -0.3 is 14.6 Å². The van der Waals surface area contributed by atoms with E-state index < -0.39 is 5.82 Å². The Kier molecular flexibility index (Phi) is 6.35. The second kappa shape index (κ2) is 8.73. The van der Waals surface area contributed by atoms with Crippen LogP contribution in [0.4, 0.5) is 10.1 Å². The first-order valence-corrected chi connectivity index (χ1v) is 9.60. The predicted octanol–water partition coefficient (Wildman–Crippen LogP) is 4.54. The summed E-state index contributed by atoms with van der Waals surface area (Å²) in [6.07, 6.45) is 1.60. The molecule has 0 unspecified atom stereocenters. The molecule has 0 aliphatic carbocycles.